The maximum atomic E-state index is 14.1. The van der Waals surface area contributed by atoms with Crippen molar-refractivity contribution >= 4 is 63.9 Å². The molecule has 17 N–H and O–H groups in total. The van der Waals surface area contributed by atoms with Crippen molar-refractivity contribution in [1.29, 1.82) is 0 Å². The van der Waals surface area contributed by atoms with Crippen LogP contribution in [0, 0.1) is 0 Å². The third kappa shape index (κ3) is 12.9. The number of nitrogens with one attached hydrogen (secondary N) is 9. The molecule has 1 aromatic heterocycles. The maximum absolute atomic E-state index is 14.1. The first-order valence-corrected chi connectivity index (χ1v) is 20.0. The number of nitrogens with two attached hydrogens (primary N) is 4. The van der Waals surface area contributed by atoms with Gasteiger partial charge in [-0.2, -0.15) is 0 Å². The second-order valence-corrected chi connectivity index (χ2v) is 14.7. The Balaban J connectivity index is 1.43. The van der Waals surface area contributed by atoms with E-state index in [9.17, 15) is 33.6 Å². The summed E-state index contributed by atoms with van der Waals surface area (Å²) in [5.74, 6) is -5.07. The molecule has 0 aliphatic carbocycles. The summed E-state index contributed by atoms with van der Waals surface area (Å²) in [6.07, 6.45) is 5.53. The Morgan fingerprint density at radius 2 is 1.74 bits per heavy atom. The minimum atomic E-state index is -1.56. The standard InChI is InChI=1S/C40H53N15O7/c1-21-34(57)52-30(19-47-32(56)15-24(42)8-5-12-41)36(59)53-31(37(60)55-33(29-11-13-46-39(44)54-29)38(61)48-18-28(43)35(58)50-21)20-49-40(62)51-25-9-4-7-22(14-25)27-17-45-16-23-6-2-3-10-26(23)27/h2-4,6-7,9-10,14,16-17,20-21,24,28-30,33H,5,8,11-13,15,18-19,41-43H2,1H3,(H,47,56)(H,48,61)(H,50,58)(H,52,57)(H,53,59)(H,55,60)(H3,44,46,54)(H2,49,51,62)/b31-20-/t21-,24-,28?,29?,30-,33-/m0/s1. The van der Waals surface area contributed by atoms with Gasteiger partial charge in [-0.05, 0) is 55.8 Å². The summed E-state index contributed by atoms with van der Waals surface area (Å²) in [5, 5.41) is 24.8. The lowest BCUT2D eigenvalue weighted by Gasteiger charge is -2.31. The minimum Gasteiger partial charge on any atom is -0.370 e. The molecule has 5 rings (SSSR count). The number of carbonyl (C=O) groups excluding carboxylic acids is 7. The van der Waals surface area contributed by atoms with Gasteiger partial charge < -0.3 is 70.8 Å². The van der Waals surface area contributed by atoms with Crippen LogP contribution in [0.2, 0.25) is 0 Å². The average Bonchev–Trinajstić information content (AvgIpc) is 3.25. The lowest BCUT2D eigenvalue weighted by molar-refractivity contribution is -0.133. The van der Waals surface area contributed by atoms with Gasteiger partial charge >= 0.3 is 6.03 Å². The summed E-state index contributed by atoms with van der Waals surface area (Å²) in [6, 6.07) is 6.96. The molecule has 2 aliphatic heterocycles. The second kappa shape index (κ2) is 21.9. The Kier molecular flexibility index (Phi) is 16.2. The van der Waals surface area contributed by atoms with Gasteiger partial charge in [-0.25, -0.2) is 4.79 Å². The fourth-order valence-corrected chi connectivity index (χ4v) is 6.56. The lowest BCUT2D eigenvalue weighted by Crippen LogP contribution is -2.63. The van der Waals surface area contributed by atoms with Crippen LogP contribution in [0.4, 0.5) is 10.5 Å². The van der Waals surface area contributed by atoms with Crippen LogP contribution < -0.4 is 70.8 Å². The summed E-state index contributed by atoms with van der Waals surface area (Å²) in [6.45, 7) is 1.03. The van der Waals surface area contributed by atoms with Crippen molar-refractivity contribution < 1.29 is 33.6 Å². The fourth-order valence-electron chi connectivity index (χ4n) is 6.56. The zero-order valence-electron chi connectivity index (χ0n) is 34.0. The number of pyridine rings is 1. The molecule has 6 atom stereocenters. The SMILES string of the molecule is C[C@@H]1NC(=O)C(N)CNC(=O)[C@H](C2CCN=C(N)N2)NC(=O)/C(=C/NC(=O)Nc2cccc(-c3cncc4ccccc34)c2)NC(=O)[C@H](CNC(=O)C[C@@H](N)CCCN)NC1=O. The molecule has 330 valence electrons. The Morgan fingerprint density at radius 3 is 2.52 bits per heavy atom. The molecule has 0 spiro atoms. The van der Waals surface area contributed by atoms with Gasteiger partial charge in [0, 0.05) is 67.3 Å². The first-order chi connectivity index (χ1) is 29.7. The van der Waals surface area contributed by atoms with Crippen LogP contribution in [0.5, 0.6) is 0 Å². The van der Waals surface area contributed by atoms with Crippen LogP contribution in [-0.4, -0.2) is 115 Å². The van der Waals surface area contributed by atoms with E-state index in [0.29, 0.717) is 25.1 Å². The van der Waals surface area contributed by atoms with E-state index in [0.717, 1.165) is 28.1 Å². The number of benzene rings is 2. The molecule has 22 nitrogen and oxygen atoms in total. The molecule has 22 heteroatoms. The lowest BCUT2D eigenvalue weighted by atomic mass is 10.0. The molecule has 0 bridgehead atoms. The fraction of sp³-hybridized carbons (Fsp3) is 0.375. The highest BCUT2D eigenvalue weighted by molar-refractivity contribution is 6.03. The smallest absolute Gasteiger partial charge is 0.323 e. The number of aromatic nitrogens is 1. The largest absolute Gasteiger partial charge is 0.370 e. The first-order valence-electron chi connectivity index (χ1n) is 20.0. The van der Waals surface area contributed by atoms with Crippen molar-refractivity contribution in [1.82, 2.24) is 47.5 Å². The Morgan fingerprint density at radius 1 is 0.952 bits per heavy atom. The second-order valence-electron chi connectivity index (χ2n) is 14.7. The van der Waals surface area contributed by atoms with Gasteiger partial charge in [0.25, 0.3) is 5.91 Å². The van der Waals surface area contributed by atoms with Gasteiger partial charge in [0.05, 0.1) is 6.04 Å². The average molecular weight is 856 g/mol. The van der Waals surface area contributed by atoms with Crippen LogP contribution in [-0.2, 0) is 28.8 Å². The van der Waals surface area contributed by atoms with E-state index in [4.69, 9.17) is 22.9 Å². The molecule has 8 amide bonds. The zero-order chi connectivity index (χ0) is 44.8. The number of hydrogen-bond donors (Lipinski definition) is 13. The molecular formula is C40H53N15O7. The van der Waals surface area contributed by atoms with Gasteiger partial charge in [-0.1, -0.05) is 36.4 Å². The normalized spacial score (nSPS) is 22.7. The van der Waals surface area contributed by atoms with Gasteiger partial charge in [0.15, 0.2) is 5.96 Å². The summed E-state index contributed by atoms with van der Waals surface area (Å²) in [7, 11) is 0. The number of carbonyl (C=O) groups is 7. The number of fused-ring (bicyclic) bond motifs is 1. The van der Waals surface area contributed by atoms with E-state index < -0.39 is 96.5 Å². The number of guanidine groups is 1. The summed E-state index contributed by atoms with van der Waals surface area (Å²) in [5.41, 5.74) is 24.9. The molecule has 62 heavy (non-hydrogen) atoms. The predicted molar refractivity (Wildman–Crippen MR) is 230 cm³/mol. The quantitative estimate of drug-likeness (QED) is 0.0866. The van der Waals surface area contributed by atoms with Crippen LogP contribution >= 0.6 is 0 Å². The zero-order valence-corrected chi connectivity index (χ0v) is 34.0. The monoisotopic (exact) mass is 855 g/mol. The van der Waals surface area contributed by atoms with Gasteiger partial charge in [0.1, 0.15) is 29.9 Å². The molecule has 3 aromatic rings. The van der Waals surface area contributed by atoms with Crippen molar-refractivity contribution in [3.8, 4) is 11.1 Å². The molecular weight excluding hydrogens is 803 g/mol. The van der Waals surface area contributed by atoms with Crippen molar-refractivity contribution in [3.05, 3.63) is 72.8 Å². The van der Waals surface area contributed by atoms with Crippen molar-refractivity contribution in [3.63, 3.8) is 0 Å². The third-order valence-corrected chi connectivity index (χ3v) is 9.92. The Bertz CT molecular complexity index is 2210. The number of amides is 8. The van der Waals surface area contributed by atoms with Crippen LogP contribution in [0.15, 0.2) is 77.8 Å². The number of anilines is 1. The summed E-state index contributed by atoms with van der Waals surface area (Å²) >= 11 is 0. The summed E-state index contributed by atoms with van der Waals surface area (Å²) < 4.78 is 0. The number of hydrogen-bond acceptors (Lipinski definition) is 14. The number of aliphatic imine (C=N–C) groups is 1. The molecule has 3 heterocycles. The summed E-state index contributed by atoms with van der Waals surface area (Å²) in [4.78, 5) is 103. The molecule has 0 radical (unpaired) electrons. The van der Waals surface area contributed by atoms with E-state index in [1.807, 2.05) is 30.3 Å². The molecule has 0 saturated carbocycles. The minimum absolute atomic E-state index is 0.00432. The van der Waals surface area contributed by atoms with E-state index in [2.05, 4.69) is 57.8 Å². The highest BCUT2D eigenvalue weighted by Crippen LogP contribution is 2.29. The molecule has 2 aliphatic rings. The van der Waals surface area contributed by atoms with Crippen molar-refractivity contribution in [2.45, 2.75) is 68.9 Å². The van der Waals surface area contributed by atoms with E-state index in [1.165, 1.54) is 6.92 Å². The van der Waals surface area contributed by atoms with E-state index >= 15 is 0 Å². The van der Waals surface area contributed by atoms with Gasteiger partial charge in [0.2, 0.25) is 29.5 Å². The molecule has 2 unspecified atom stereocenters. The van der Waals surface area contributed by atoms with Gasteiger partial charge in [-0.15, -0.1) is 0 Å². The topological polar surface area (TPSA) is 357 Å². The molecule has 1 saturated heterocycles. The van der Waals surface area contributed by atoms with Crippen molar-refractivity contribution in [2.24, 2.45) is 27.9 Å². The van der Waals surface area contributed by atoms with Gasteiger partial charge in [-0.3, -0.25) is 38.7 Å². The maximum Gasteiger partial charge on any atom is 0.323 e. The van der Waals surface area contributed by atoms with Crippen LogP contribution in [0.1, 0.15) is 32.6 Å². The number of nitrogens with zero attached hydrogens (tertiary/aromatic N) is 2. The van der Waals surface area contributed by atoms with Crippen LogP contribution in [0.25, 0.3) is 21.9 Å². The van der Waals surface area contributed by atoms with E-state index in [-0.39, 0.29) is 25.3 Å². The third-order valence-electron chi connectivity index (χ3n) is 9.92. The van der Waals surface area contributed by atoms with Crippen LogP contribution in [0.3, 0.4) is 0 Å². The van der Waals surface area contributed by atoms with E-state index in [1.54, 1.807) is 30.6 Å². The Hall–Kier alpha value is -7.17. The van der Waals surface area contributed by atoms with Crippen molar-refractivity contribution in [2.75, 3.05) is 31.5 Å². The molecule has 2 aromatic carbocycles. The highest BCUT2D eigenvalue weighted by atomic mass is 16.2. The predicted octanol–water partition coefficient (Wildman–Crippen LogP) is -2.84. The number of rotatable bonds is 11. The first kappa shape index (κ1) is 45.9. The Labute approximate surface area is 356 Å². The molecule has 1 fully saturated rings. The highest BCUT2D eigenvalue weighted by Gasteiger charge is 2.35. The number of urea groups is 1.